The van der Waals surface area contributed by atoms with Crippen LogP contribution >= 0.6 is 0 Å². The molecule has 1 aromatic heterocycles. The lowest BCUT2D eigenvalue weighted by Crippen LogP contribution is -2.47. The number of hydrogen-bond acceptors (Lipinski definition) is 8. The zero-order valence-corrected chi connectivity index (χ0v) is 20.5. The summed E-state index contributed by atoms with van der Waals surface area (Å²) in [6, 6.07) is 7.43. The molecule has 0 aliphatic carbocycles. The lowest BCUT2D eigenvalue weighted by atomic mass is 10.1. The minimum atomic E-state index is -4.49. The molecule has 2 aromatic carbocycles. The zero-order chi connectivity index (χ0) is 25.9. The highest BCUT2D eigenvalue weighted by atomic mass is 32.2. The van der Waals surface area contributed by atoms with Gasteiger partial charge in [-0.05, 0) is 30.7 Å². The summed E-state index contributed by atoms with van der Waals surface area (Å²) < 4.78 is 46.0. The summed E-state index contributed by atoms with van der Waals surface area (Å²) in [4.78, 5) is 24.3. The van der Waals surface area contributed by atoms with Gasteiger partial charge >= 0.3 is 5.97 Å². The molecule has 1 unspecified atom stereocenters. The number of ether oxygens (including phenoxy) is 3. The highest BCUT2D eigenvalue weighted by molar-refractivity contribution is 7.93. The van der Waals surface area contributed by atoms with Crippen LogP contribution in [0.2, 0.25) is 0 Å². The minimum absolute atomic E-state index is 0.108. The molecular weight excluding hydrogens is 478 g/mol. The number of anilines is 1. The number of methoxy groups -OCH3 is 3. The maximum atomic E-state index is 13.8. The average Bonchev–Trinajstić information content (AvgIpc) is 3.21. The summed E-state index contributed by atoms with van der Waals surface area (Å²) in [5, 5.41) is 9.64. The number of aryl methyl sites for hydroxylation is 1. The Morgan fingerprint density at radius 3 is 2.23 bits per heavy atom. The van der Waals surface area contributed by atoms with Crippen LogP contribution in [0.15, 0.2) is 47.5 Å². The highest BCUT2D eigenvalue weighted by Crippen LogP contribution is 2.42. The van der Waals surface area contributed by atoms with Gasteiger partial charge in [-0.1, -0.05) is 0 Å². The first-order valence-electron chi connectivity index (χ1n) is 10.5. The van der Waals surface area contributed by atoms with Crippen LogP contribution in [-0.4, -0.2) is 57.3 Å². The number of hydrogen-bond donors (Lipinski definition) is 2. The molecule has 1 atom stereocenters. The first kappa shape index (κ1) is 25.8. The number of fused-ring (bicyclic) bond motifs is 1. The number of sulfonamides is 1. The lowest BCUT2D eigenvalue weighted by Gasteiger charge is -2.26. The van der Waals surface area contributed by atoms with Crippen molar-refractivity contribution in [2.45, 2.75) is 23.8 Å². The maximum Gasteiger partial charge on any atom is 0.303 e. The van der Waals surface area contributed by atoms with Gasteiger partial charge in [-0.3, -0.25) is 9.59 Å². The highest BCUT2D eigenvalue weighted by Gasteiger charge is 2.36. The van der Waals surface area contributed by atoms with E-state index in [2.05, 4.69) is 0 Å². The fraction of sp³-hybridized carbons (Fsp3) is 0.304. The first-order chi connectivity index (χ1) is 16.5. The van der Waals surface area contributed by atoms with E-state index in [0.717, 1.165) is 5.52 Å². The van der Waals surface area contributed by atoms with Gasteiger partial charge in [0, 0.05) is 42.7 Å². The number of carboxylic acids is 1. The van der Waals surface area contributed by atoms with Crippen molar-refractivity contribution in [3.8, 4) is 17.2 Å². The number of carbonyl (C=O) groups is 2. The predicted octanol–water partition coefficient (Wildman–Crippen LogP) is 2.12. The monoisotopic (exact) mass is 505 g/mol. The molecule has 0 radical (unpaired) electrons. The van der Waals surface area contributed by atoms with Crippen molar-refractivity contribution >= 4 is 38.5 Å². The third kappa shape index (κ3) is 5.03. The number of benzene rings is 2. The number of nitrogens with two attached hydrogens (primary N) is 1. The van der Waals surface area contributed by atoms with E-state index >= 15 is 0 Å². The van der Waals surface area contributed by atoms with Crippen molar-refractivity contribution in [3.05, 3.63) is 42.6 Å². The molecule has 11 nitrogen and oxygen atoms in total. The van der Waals surface area contributed by atoms with E-state index in [9.17, 15) is 18.0 Å². The quantitative estimate of drug-likeness (QED) is 0.422. The van der Waals surface area contributed by atoms with Crippen molar-refractivity contribution in [1.29, 1.82) is 0 Å². The number of carboxylic acid groups (broad SMARTS) is 1. The largest absolute Gasteiger partial charge is 0.493 e. The predicted molar refractivity (Wildman–Crippen MR) is 129 cm³/mol. The Balaban J connectivity index is 2.21. The van der Waals surface area contributed by atoms with E-state index in [-0.39, 0.29) is 34.3 Å². The number of nitrogens with zero attached hydrogens (tertiary/aromatic N) is 2. The van der Waals surface area contributed by atoms with Gasteiger partial charge in [0.2, 0.25) is 5.75 Å². The Morgan fingerprint density at radius 1 is 1.06 bits per heavy atom. The van der Waals surface area contributed by atoms with Crippen LogP contribution in [0.3, 0.4) is 0 Å². The number of aliphatic carboxylic acids is 1. The Morgan fingerprint density at radius 2 is 1.69 bits per heavy atom. The van der Waals surface area contributed by atoms with E-state index in [1.165, 1.54) is 45.6 Å². The smallest absolute Gasteiger partial charge is 0.303 e. The van der Waals surface area contributed by atoms with Crippen LogP contribution in [0.5, 0.6) is 17.2 Å². The van der Waals surface area contributed by atoms with Gasteiger partial charge in [0.05, 0.1) is 38.0 Å². The molecule has 0 bridgehead atoms. The van der Waals surface area contributed by atoms with Crippen molar-refractivity contribution in [2.24, 2.45) is 12.8 Å². The molecule has 0 aliphatic heterocycles. The van der Waals surface area contributed by atoms with Crippen LogP contribution in [-0.2, 0) is 26.7 Å². The van der Waals surface area contributed by atoms with E-state index < -0.39 is 34.4 Å². The maximum absolute atomic E-state index is 13.8. The van der Waals surface area contributed by atoms with Crippen LogP contribution in [0.25, 0.3) is 10.9 Å². The van der Waals surface area contributed by atoms with E-state index in [1.807, 2.05) is 11.6 Å². The number of rotatable bonds is 10. The van der Waals surface area contributed by atoms with E-state index in [0.29, 0.717) is 9.69 Å². The number of aromatic nitrogens is 1. The summed E-state index contributed by atoms with van der Waals surface area (Å²) >= 11 is 0. The molecule has 0 saturated carbocycles. The number of amides is 1. The van der Waals surface area contributed by atoms with Gasteiger partial charge in [-0.15, -0.1) is 0 Å². The second-order valence-electron chi connectivity index (χ2n) is 7.68. The van der Waals surface area contributed by atoms with Crippen LogP contribution < -0.4 is 24.2 Å². The Hall–Kier alpha value is -3.77. The molecule has 3 rings (SSSR count). The standard InChI is InChI=1S/C23H27N3O8S/c1-25-10-9-14-11-16(5-7-18(14)25)35(30,31)26(23(29)17(24)6-8-21(27)28)15-12-19(32-2)22(34-4)20(13-15)33-3/h5,7,9-13,17H,6,8,24H2,1-4H3,(H,27,28). The fourth-order valence-electron chi connectivity index (χ4n) is 3.65. The Labute approximate surface area is 202 Å². The van der Waals surface area contributed by atoms with Crippen molar-refractivity contribution in [2.75, 3.05) is 25.6 Å². The molecule has 3 aromatic rings. The molecule has 0 spiro atoms. The van der Waals surface area contributed by atoms with E-state index in [1.54, 1.807) is 18.3 Å². The molecule has 35 heavy (non-hydrogen) atoms. The third-order valence-corrected chi connectivity index (χ3v) is 7.19. The molecule has 0 fully saturated rings. The third-order valence-electron chi connectivity index (χ3n) is 5.47. The van der Waals surface area contributed by atoms with Gasteiger partial charge in [-0.25, -0.2) is 12.7 Å². The summed E-state index contributed by atoms with van der Waals surface area (Å²) in [5.41, 5.74) is 6.65. The SMILES string of the molecule is COc1cc(N(C(=O)C(N)CCC(=O)O)S(=O)(=O)c2ccc3c(ccn3C)c2)cc(OC)c1OC. The molecule has 1 heterocycles. The fourth-order valence-corrected chi connectivity index (χ4v) is 5.13. The van der Waals surface area contributed by atoms with Crippen molar-refractivity contribution in [3.63, 3.8) is 0 Å². The van der Waals surface area contributed by atoms with Crippen molar-refractivity contribution < 1.29 is 37.3 Å². The van der Waals surface area contributed by atoms with Crippen LogP contribution in [0.4, 0.5) is 5.69 Å². The molecule has 12 heteroatoms. The number of carbonyl (C=O) groups excluding carboxylic acids is 1. The lowest BCUT2D eigenvalue weighted by molar-refractivity contribution is -0.137. The molecular formula is C23H27N3O8S. The van der Waals surface area contributed by atoms with Crippen molar-refractivity contribution in [1.82, 2.24) is 4.57 Å². The second-order valence-corrected chi connectivity index (χ2v) is 9.46. The normalized spacial score (nSPS) is 12.3. The molecule has 1 amide bonds. The average molecular weight is 506 g/mol. The molecule has 0 saturated heterocycles. The van der Waals surface area contributed by atoms with Gasteiger partial charge < -0.3 is 29.6 Å². The molecule has 188 valence electrons. The van der Waals surface area contributed by atoms with Crippen LogP contribution in [0, 0.1) is 0 Å². The topological polar surface area (TPSA) is 150 Å². The Kier molecular flexibility index (Phi) is 7.56. The zero-order valence-electron chi connectivity index (χ0n) is 19.7. The molecule has 3 N–H and O–H groups in total. The van der Waals surface area contributed by atoms with Gasteiger partial charge in [0.15, 0.2) is 11.5 Å². The summed E-state index contributed by atoms with van der Waals surface area (Å²) in [5.74, 6) is -1.73. The summed E-state index contributed by atoms with van der Waals surface area (Å²) in [6.07, 6.45) is 1.11. The summed E-state index contributed by atoms with van der Waals surface area (Å²) in [7, 11) is 1.42. The second kappa shape index (κ2) is 10.2. The van der Waals surface area contributed by atoms with Gasteiger partial charge in [0.1, 0.15) is 0 Å². The van der Waals surface area contributed by atoms with Crippen LogP contribution in [0.1, 0.15) is 12.8 Å². The molecule has 0 aliphatic rings. The van der Waals surface area contributed by atoms with E-state index in [4.69, 9.17) is 25.1 Å². The van der Waals surface area contributed by atoms with Gasteiger partial charge in [0.25, 0.3) is 15.9 Å². The van der Waals surface area contributed by atoms with Gasteiger partial charge in [-0.2, -0.15) is 0 Å². The first-order valence-corrected chi connectivity index (χ1v) is 11.9. The minimum Gasteiger partial charge on any atom is -0.493 e. The summed E-state index contributed by atoms with van der Waals surface area (Å²) in [6.45, 7) is 0. The Bertz CT molecular complexity index is 1340.